The van der Waals surface area contributed by atoms with Crippen LogP contribution >= 0.6 is 0 Å². The van der Waals surface area contributed by atoms with Gasteiger partial charge in [0.2, 0.25) is 0 Å². The van der Waals surface area contributed by atoms with Crippen LogP contribution in [0.2, 0.25) is 0 Å². The molecular weight excluding hydrogens is 208 g/mol. The van der Waals surface area contributed by atoms with Gasteiger partial charge in [-0.05, 0) is 23.1 Å². The Balaban J connectivity index is 2.41. The largest absolute Gasteiger partial charge is 0.388 e. The molecule has 0 aliphatic rings. The molecule has 0 radical (unpaired) electrons. The van der Waals surface area contributed by atoms with Crippen molar-refractivity contribution in [2.24, 2.45) is 0 Å². The predicted octanol–water partition coefficient (Wildman–Crippen LogP) is 4.19. The molecule has 17 heavy (non-hydrogen) atoms. The Labute approximate surface area is 103 Å². The highest BCUT2D eigenvalue weighted by Gasteiger charge is 2.11. The summed E-state index contributed by atoms with van der Waals surface area (Å²) < 4.78 is 0. The van der Waals surface area contributed by atoms with Crippen LogP contribution in [0.15, 0.2) is 54.6 Å². The van der Waals surface area contributed by atoms with Gasteiger partial charge in [0, 0.05) is 0 Å². The van der Waals surface area contributed by atoms with Gasteiger partial charge < -0.3 is 5.11 Å². The molecule has 1 N–H and O–H groups in total. The van der Waals surface area contributed by atoms with Gasteiger partial charge in [0.15, 0.2) is 0 Å². The molecule has 0 heterocycles. The van der Waals surface area contributed by atoms with Crippen LogP contribution in [0.5, 0.6) is 0 Å². The average Bonchev–Trinajstić information content (AvgIpc) is 2.40. The van der Waals surface area contributed by atoms with Crippen molar-refractivity contribution >= 4 is 0 Å². The molecular formula is C16H18O. The SMILES string of the molecule is CCCC(O)c1ccccc1-c1ccccc1. The van der Waals surface area contributed by atoms with Crippen molar-refractivity contribution < 1.29 is 5.11 Å². The Morgan fingerprint density at radius 3 is 2.29 bits per heavy atom. The topological polar surface area (TPSA) is 20.2 Å². The fraction of sp³-hybridized carbons (Fsp3) is 0.250. The third-order valence-corrected chi connectivity index (χ3v) is 2.97. The van der Waals surface area contributed by atoms with Gasteiger partial charge in [-0.2, -0.15) is 0 Å². The first-order valence-electron chi connectivity index (χ1n) is 6.15. The Morgan fingerprint density at radius 2 is 1.59 bits per heavy atom. The maximum absolute atomic E-state index is 10.2. The molecule has 1 nitrogen and oxygen atoms in total. The molecule has 0 aliphatic heterocycles. The van der Waals surface area contributed by atoms with Gasteiger partial charge in [-0.15, -0.1) is 0 Å². The van der Waals surface area contributed by atoms with E-state index >= 15 is 0 Å². The minimum Gasteiger partial charge on any atom is -0.388 e. The summed E-state index contributed by atoms with van der Waals surface area (Å²) in [5.41, 5.74) is 3.33. The fourth-order valence-electron chi connectivity index (χ4n) is 2.10. The molecule has 88 valence electrons. The molecule has 1 heteroatoms. The number of benzene rings is 2. The van der Waals surface area contributed by atoms with Crippen LogP contribution in [0.3, 0.4) is 0 Å². The molecule has 0 spiro atoms. The third kappa shape index (κ3) is 2.75. The van der Waals surface area contributed by atoms with Gasteiger partial charge in [-0.25, -0.2) is 0 Å². The first-order chi connectivity index (χ1) is 8.33. The van der Waals surface area contributed by atoms with Crippen LogP contribution in [-0.4, -0.2) is 5.11 Å². The molecule has 0 saturated heterocycles. The number of rotatable bonds is 4. The Bertz CT molecular complexity index is 462. The minimum atomic E-state index is -0.364. The van der Waals surface area contributed by atoms with E-state index in [1.54, 1.807) is 0 Å². The molecule has 0 saturated carbocycles. The van der Waals surface area contributed by atoms with E-state index in [9.17, 15) is 5.11 Å². The maximum Gasteiger partial charge on any atom is 0.0795 e. The highest BCUT2D eigenvalue weighted by molar-refractivity contribution is 5.67. The van der Waals surface area contributed by atoms with Crippen molar-refractivity contribution in [3.63, 3.8) is 0 Å². The predicted molar refractivity (Wildman–Crippen MR) is 71.7 cm³/mol. The maximum atomic E-state index is 10.2. The van der Waals surface area contributed by atoms with E-state index in [1.807, 2.05) is 36.4 Å². The van der Waals surface area contributed by atoms with Gasteiger partial charge in [0.1, 0.15) is 0 Å². The summed E-state index contributed by atoms with van der Waals surface area (Å²) in [4.78, 5) is 0. The lowest BCUT2D eigenvalue weighted by Gasteiger charge is -2.15. The summed E-state index contributed by atoms with van der Waals surface area (Å²) in [6.45, 7) is 2.09. The summed E-state index contributed by atoms with van der Waals surface area (Å²) in [7, 11) is 0. The van der Waals surface area contributed by atoms with Crippen molar-refractivity contribution in [3.05, 3.63) is 60.2 Å². The van der Waals surface area contributed by atoms with Gasteiger partial charge >= 0.3 is 0 Å². The van der Waals surface area contributed by atoms with Crippen LogP contribution in [0.4, 0.5) is 0 Å². The van der Waals surface area contributed by atoms with E-state index < -0.39 is 0 Å². The lowest BCUT2D eigenvalue weighted by molar-refractivity contribution is 0.167. The van der Waals surface area contributed by atoms with E-state index in [0.29, 0.717) is 0 Å². The zero-order chi connectivity index (χ0) is 12.1. The molecule has 0 aromatic heterocycles. The summed E-state index contributed by atoms with van der Waals surface area (Å²) in [5, 5.41) is 10.2. The molecule has 0 amide bonds. The second kappa shape index (κ2) is 5.65. The quantitative estimate of drug-likeness (QED) is 0.828. The lowest BCUT2D eigenvalue weighted by atomic mass is 9.94. The summed E-state index contributed by atoms with van der Waals surface area (Å²) in [6, 6.07) is 18.3. The minimum absolute atomic E-state index is 0.364. The van der Waals surface area contributed by atoms with E-state index in [1.165, 1.54) is 5.56 Å². The molecule has 2 aromatic carbocycles. The second-order valence-corrected chi connectivity index (χ2v) is 4.26. The number of aliphatic hydroxyl groups is 1. The summed E-state index contributed by atoms with van der Waals surface area (Å²) in [6.07, 6.45) is 1.44. The number of hydrogen-bond acceptors (Lipinski definition) is 1. The zero-order valence-corrected chi connectivity index (χ0v) is 10.1. The third-order valence-electron chi connectivity index (χ3n) is 2.97. The molecule has 0 bridgehead atoms. The average molecular weight is 226 g/mol. The van der Waals surface area contributed by atoms with Crippen molar-refractivity contribution in [3.8, 4) is 11.1 Å². The van der Waals surface area contributed by atoms with E-state index in [0.717, 1.165) is 24.0 Å². The number of hydrogen-bond donors (Lipinski definition) is 1. The second-order valence-electron chi connectivity index (χ2n) is 4.26. The Hall–Kier alpha value is -1.60. The standard InChI is InChI=1S/C16H18O/c1-2-8-16(17)15-12-7-6-11-14(15)13-9-4-3-5-10-13/h3-7,9-12,16-17H,2,8H2,1H3. The molecule has 2 rings (SSSR count). The summed E-state index contributed by atoms with van der Waals surface area (Å²) >= 11 is 0. The molecule has 1 atom stereocenters. The molecule has 1 unspecified atom stereocenters. The zero-order valence-electron chi connectivity index (χ0n) is 10.1. The Kier molecular flexibility index (Phi) is 3.94. The molecule has 2 aromatic rings. The van der Waals surface area contributed by atoms with Gasteiger partial charge in [-0.3, -0.25) is 0 Å². The summed E-state index contributed by atoms with van der Waals surface area (Å²) in [5.74, 6) is 0. The van der Waals surface area contributed by atoms with Crippen LogP contribution in [0, 0.1) is 0 Å². The smallest absolute Gasteiger partial charge is 0.0795 e. The number of aliphatic hydroxyl groups excluding tert-OH is 1. The van der Waals surface area contributed by atoms with E-state index in [2.05, 4.69) is 25.1 Å². The monoisotopic (exact) mass is 226 g/mol. The van der Waals surface area contributed by atoms with Crippen LogP contribution in [0.25, 0.3) is 11.1 Å². The van der Waals surface area contributed by atoms with E-state index in [-0.39, 0.29) is 6.10 Å². The van der Waals surface area contributed by atoms with Gasteiger partial charge in [0.25, 0.3) is 0 Å². The van der Waals surface area contributed by atoms with Crippen LogP contribution in [0.1, 0.15) is 31.4 Å². The van der Waals surface area contributed by atoms with Crippen molar-refractivity contribution in [1.82, 2.24) is 0 Å². The fourth-order valence-corrected chi connectivity index (χ4v) is 2.10. The van der Waals surface area contributed by atoms with Crippen molar-refractivity contribution in [2.75, 3.05) is 0 Å². The van der Waals surface area contributed by atoms with Crippen LogP contribution < -0.4 is 0 Å². The van der Waals surface area contributed by atoms with Crippen molar-refractivity contribution in [2.45, 2.75) is 25.9 Å². The highest BCUT2D eigenvalue weighted by atomic mass is 16.3. The molecule has 0 fully saturated rings. The first-order valence-corrected chi connectivity index (χ1v) is 6.15. The van der Waals surface area contributed by atoms with Crippen LogP contribution in [-0.2, 0) is 0 Å². The normalized spacial score (nSPS) is 12.4. The van der Waals surface area contributed by atoms with Gasteiger partial charge in [0.05, 0.1) is 6.10 Å². The van der Waals surface area contributed by atoms with E-state index in [4.69, 9.17) is 0 Å². The van der Waals surface area contributed by atoms with Gasteiger partial charge in [-0.1, -0.05) is 67.9 Å². The molecule has 0 aliphatic carbocycles. The lowest BCUT2D eigenvalue weighted by Crippen LogP contribution is -1.99. The highest BCUT2D eigenvalue weighted by Crippen LogP contribution is 2.29. The van der Waals surface area contributed by atoms with Crippen molar-refractivity contribution in [1.29, 1.82) is 0 Å². The Morgan fingerprint density at radius 1 is 0.941 bits per heavy atom. The first kappa shape index (κ1) is 11.9.